The molecule has 1 aliphatic heterocycles. The molecule has 0 amide bonds. The van der Waals surface area contributed by atoms with E-state index >= 15 is 0 Å². The van der Waals surface area contributed by atoms with Crippen molar-refractivity contribution in [3.8, 4) is 43.1 Å². The van der Waals surface area contributed by atoms with Crippen LogP contribution in [0.2, 0.25) is 0 Å². The second-order valence-corrected chi connectivity index (χ2v) is 11.8. The summed E-state index contributed by atoms with van der Waals surface area (Å²) in [5.74, 6) is 0. The standard InChI is InChI=1S/C36H22S2/c1-2-11-24-23(9-1)10-7-15-25(24)26-12-3-4-13-27(26)33-21-22-34(37-33)29-19-20-35-36-30(16-8-17-31(29)36)28-14-5-6-18-32(28)38-35/h1-22H. The van der Waals surface area contributed by atoms with Gasteiger partial charge in [-0.2, -0.15) is 0 Å². The zero-order valence-electron chi connectivity index (χ0n) is 20.5. The maximum atomic E-state index is 2.31. The molecule has 0 N–H and O–H groups in total. The molecule has 2 heteroatoms. The molecule has 0 fully saturated rings. The molecule has 0 spiro atoms. The maximum absolute atomic E-state index is 2.31. The molecular formula is C36H22S2. The Bertz CT molecular complexity index is 2010. The molecule has 1 aliphatic rings. The summed E-state index contributed by atoms with van der Waals surface area (Å²) in [5, 5.41) is 5.27. The molecule has 8 rings (SSSR count). The lowest BCUT2D eigenvalue weighted by molar-refractivity contribution is 1.40. The Kier molecular flexibility index (Phi) is 5.04. The van der Waals surface area contributed by atoms with Crippen molar-refractivity contribution >= 4 is 44.6 Å². The third-order valence-electron chi connectivity index (χ3n) is 7.54. The predicted octanol–water partition coefficient (Wildman–Crippen LogP) is 11.2. The van der Waals surface area contributed by atoms with Crippen molar-refractivity contribution < 1.29 is 0 Å². The zero-order valence-corrected chi connectivity index (χ0v) is 22.2. The smallest absolute Gasteiger partial charge is 0.0355 e. The first-order valence-electron chi connectivity index (χ1n) is 12.9. The number of hydrogen-bond donors (Lipinski definition) is 0. The Morgan fingerprint density at radius 1 is 0.342 bits per heavy atom. The van der Waals surface area contributed by atoms with Gasteiger partial charge >= 0.3 is 0 Å². The van der Waals surface area contributed by atoms with Crippen LogP contribution in [-0.4, -0.2) is 0 Å². The molecule has 0 unspecified atom stereocenters. The SMILES string of the molecule is c1ccc2c(c1)Sc1ccc(-c3ccc(-c4ccccc4-c4cccc5ccccc45)s3)c3cccc-2c13. The molecule has 7 aromatic rings. The van der Waals surface area contributed by atoms with Crippen LogP contribution < -0.4 is 0 Å². The summed E-state index contributed by atoms with van der Waals surface area (Å²) in [7, 11) is 0. The molecule has 0 nitrogen and oxygen atoms in total. The van der Waals surface area contributed by atoms with E-state index in [4.69, 9.17) is 0 Å². The molecule has 0 saturated heterocycles. The van der Waals surface area contributed by atoms with E-state index in [0.29, 0.717) is 0 Å². The van der Waals surface area contributed by atoms with Crippen LogP contribution >= 0.6 is 23.1 Å². The third kappa shape index (κ3) is 3.38. The van der Waals surface area contributed by atoms with Gasteiger partial charge in [0.25, 0.3) is 0 Å². The van der Waals surface area contributed by atoms with Crippen molar-refractivity contribution in [1.29, 1.82) is 0 Å². The van der Waals surface area contributed by atoms with E-state index < -0.39 is 0 Å². The van der Waals surface area contributed by atoms with E-state index in [2.05, 4.69) is 133 Å². The molecule has 0 atom stereocenters. The molecular weight excluding hydrogens is 497 g/mol. The summed E-state index contributed by atoms with van der Waals surface area (Å²) < 4.78 is 0. The van der Waals surface area contributed by atoms with E-state index in [1.165, 1.54) is 74.5 Å². The Morgan fingerprint density at radius 3 is 1.89 bits per heavy atom. The topological polar surface area (TPSA) is 0 Å². The molecule has 0 radical (unpaired) electrons. The Hall–Kier alpha value is -4.11. The molecule has 0 bridgehead atoms. The second kappa shape index (κ2) is 8.73. The molecule has 1 aromatic heterocycles. The number of thiophene rings is 1. The Balaban J connectivity index is 1.28. The van der Waals surface area contributed by atoms with Crippen LogP contribution in [0.25, 0.3) is 64.7 Å². The van der Waals surface area contributed by atoms with Gasteiger partial charge in [0.2, 0.25) is 0 Å². The summed E-state index contributed by atoms with van der Waals surface area (Å²) in [6.07, 6.45) is 0. The van der Waals surface area contributed by atoms with Crippen LogP contribution in [0, 0.1) is 0 Å². The van der Waals surface area contributed by atoms with Crippen LogP contribution in [0.5, 0.6) is 0 Å². The van der Waals surface area contributed by atoms with Gasteiger partial charge in [-0.3, -0.25) is 0 Å². The van der Waals surface area contributed by atoms with Crippen molar-refractivity contribution in [1.82, 2.24) is 0 Å². The van der Waals surface area contributed by atoms with Crippen LogP contribution in [0.1, 0.15) is 0 Å². The van der Waals surface area contributed by atoms with Gasteiger partial charge in [-0.25, -0.2) is 0 Å². The normalized spacial score (nSPS) is 12.1. The minimum Gasteiger partial charge on any atom is -0.135 e. The highest BCUT2D eigenvalue weighted by Gasteiger charge is 2.21. The average molecular weight is 519 g/mol. The number of fused-ring (bicyclic) bond motifs is 3. The van der Waals surface area contributed by atoms with Crippen molar-refractivity contribution in [2.75, 3.05) is 0 Å². The van der Waals surface area contributed by atoms with Gasteiger partial charge in [0.05, 0.1) is 0 Å². The summed E-state index contributed by atoms with van der Waals surface area (Å²) in [4.78, 5) is 5.28. The van der Waals surface area contributed by atoms with Crippen LogP contribution in [0.4, 0.5) is 0 Å². The molecule has 38 heavy (non-hydrogen) atoms. The summed E-state index contributed by atoms with van der Waals surface area (Å²) >= 11 is 3.77. The fourth-order valence-electron chi connectivity index (χ4n) is 5.82. The number of hydrogen-bond acceptors (Lipinski definition) is 2. The van der Waals surface area contributed by atoms with Gasteiger partial charge in [-0.05, 0) is 73.8 Å². The lowest BCUT2D eigenvalue weighted by atomic mass is 9.94. The molecule has 2 heterocycles. The summed E-state index contributed by atoms with van der Waals surface area (Å²) in [6.45, 7) is 0. The van der Waals surface area contributed by atoms with Gasteiger partial charge in [-0.1, -0.05) is 121 Å². The van der Waals surface area contributed by atoms with Crippen molar-refractivity contribution in [3.05, 3.63) is 133 Å². The Labute approximate surface area is 230 Å². The molecule has 0 saturated carbocycles. The van der Waals surface area contributed by atoms with Gasteiger partial charge in [0.15, 0.2) is 0 Å². The first-order valence-corrected chi connectivity index (χ1v) is 14.5. The van der Waals surface area contributed by atoms with E-state index in [9.17, 15) is 0 Å². The quantitative estimate of drug-likeness (QED) is 0.224. The fourth-order valence-corrected chi connectivity index (χ4v) is 8.03. The lowest BCUT2D eigenvalue weighted by Crippen LogP contribution is -1.93. The molecule has 178 valence electrons. The minimum absolute atomic E-state index is 1.27. The van der Waals surface area contributed by atoms with Crippen molar-refractivity contribution in [3.63, 3.8) is 0 Å². The first kappa shape index (κ1) is 21.9. The lowest BCUT2D eigenvalue weighted by Gasteiger charge is -2.21. The minimum atomic E-state index is 1.27. The monoisotopic (exact) mass is 518 g/mol. The first-order chi connectivity index (χ1) is 18.8. The van der Waals surface area contributed by atoms with Crippen molar-refractivity contribution in [2.45, 2.75) is 9.79 Å². The van der Waals surface area contributed by atoms with Gasteiger partial charge in [0, 0.05) is 24.9 Å². The fraction of sp³-hybridized carbons (Fsp3) is 0. The van der Waals surface area contributed by atoms with E-state index in [1.54, 1.807) is 0 Å². The highest BCUT2D eigenvalue weighted by atomic mass is 32.2. The van der Waals surface area contributed by atoms with Crippen LogP contribution in [0.15, 0.2) is 143 Å². The van der Waals surface area contributed by atoms with E-state index in [0.717, 1.165) is 0 Å². The summed E-state index contributed by atoms with van der Waals surface area (Å²) in [6, 6.07) is 48.8. The van der Waals surface area contributed by atoms with Crippen LogP contribution in [0.3, 0.4) is 0 Å². The van der Waals surface area contributed by atoms with Crippen molar-refractivity contribution in [2.24, 2.45) is 0 Å². The van der Waals surface area contributed by atoms with Gasteiger partial charge < -0.3 is 0 Å². The van der Waals surface area contributed by atoms with E-state index in [-0.39, 0.29) is 0 Å². The van der Waals surface area contributed by atoms with Crippen LogP contribution in [-0.2, 0) is 0 Å². The van der Waals surface area contributed by atoms with Gasteiger partial charge in [-0.15, -0.1) is 11.3 Å². The van der Waals surface area contributed by atoms with E-state index in [1.807, 2.05) is 23.1 Å². The highest BCUT2D eigenvalue weighted by molar-refractivity contribution is 7.99. The third-order valence-corrected chi connectivity index (χ3v) is 9.83. The summed E-state index contributed by atoms with van der Waals surface area (Å²) in [5.41, 5.74) is 7.83. The largest absolute Gasteiger partial charge is 0.135 e. The molecule has 0 aliphatic carbocycles. The van der Waals surface area contributed by atoms with Gasteiger partial charge in [0.1, 0.15) is 0 Å². The number of benzene rings is 6. The zero-order chi connectivity index (χ0) is 25.1. The molecule has 6 aromatic carbocycles. The number of rotatable bonds is 3. The average Bonchev–Trinajstić information content (AvgIpc) is 3.47. The second-order valence-electron chi connectivity index (χ2n) is 9.67. The predicted molar refractivity (Wildman–Crippen MR) is 165 cm³/mol. The highest BCUT2D eigenvalue weighted by Crippen LogP contribution is 2.50. The maximum Gasteiger partial charge on any atom is 0.0355 e. The Morgan fingerprint density at radius 2 is 0.974 bits per heavy atom.